The SMILES string of the molecule is CC(C)C1NCC12CCCN2Cc1ccccc1.Cl.Cl. The van der Waals surface area contributed by atoms with E-state index in [1.807, 2.05) is 0 Å². The first kappa shape index (κ1) is 17.8. The molecule has 0 aliphatic carbocycles. The van der Waals surface area contributed by atoms with Crippen molar-refractivity contribution in [2.45, 2.75) is 44.8 Å². The van der Waals surface area contributed by atoms with E-state index in [4.69, 9.17) is 0 Å². The molecule has 0 radical (unpaired) electrons. The van der Waals surface area contributed by atoms with E-state index in [-0.39, 0.29) is 24.8 Å². The lowest BCUT2D eigenvalue weighted by atomic mass is 9.74. The maximum absolute atomic E-state index is 3.65. The molecule has 0 saturated carbocycles. The molecule has 3 rings (SSSR count). The molecular weight excluding hydrogens is 291 g/mol. The van der Waals surface area contributed by atoms with Gasteiger partial charge >= 0.3 is 0 Å². The monoisotopic (exact) mass is 316 g/mol. The summed E-state index contributed by atoms with van der Waals surface area (Å²) < 4.78 is 0. The average molecular weight is 317 g/mol. The molecule has 1 aromatic carbocycles. The number of rotatable bonds is 3. The Morgan fingerprint density at radius 3 is 2.50 bits per heavy atom. The van der Waals surface area contributed by atoms with Crippen molar-refractivity contribution in [3.63, 3.8) is 0 Å². The van der Waals surface area contributed by atoms with Gasteiger partial charge in [-0.3, -0.25) is 4.90 Å². The summed E-state index contributed by atoms with van der Waals surface area (Å²) >= 11 is 0. The lowest BCUT2D eigenvalue weighted by Gasteiger charge is -2.55. The third kappa shape index (κ3) is 2.99. The van der Waals surface area contributed by atoms with Gasteiger partial charge in [-0.2, -0.15) is 0 Å². The van der Waals surface area contributed by atoms with Gasteiger partial charge in [0.2, 0.25) is 0 Å². The number of hydrogen-bond donors (Lipinski definition) is 1. The fourth-order valence-electron chi connectivity index (χ4n) is 3.86. The molecule has 4 heteroatoms. The van der Waals surface area contributed by atoms with Crippen molar-refractivity contribution in [2.24, 2.45) is 5.92 Å². The summed E-state index contributed by atoms with van der Waals surface area (Å²) in [6, 6.07) is 11.6. The molecule has 2 saturated heterocycles. The van der Waals surface area contributed by atoms with Crippen LogP contribution >= 0.6 is 24.8 Å². The zero-order valence-corrected chi connectivity index (χ0v) is 14.0. The second-order valence-corrected chi connectivity index (χ2v) is 6.22. The van der Waals surface area contributed by atoms with E-state index in [1.54, 1.807) is 0 Å². The standard InChI is InChI=1S/C16H24N2.2ClH/c1-13(2)15-16(12-17-15)9-6-10-18(16)11-14-7-4-3-5-8-14;;/h3-5,7-8,13,15,17H,6,9-12H2,1-2H3;2*1H. The van der Waals surface area contributed by atoms with Crippen LogP contribution in [-0.2, 0) is 6.54 Å². The summed E-state index contributed by atoms with van der Waals surface area (Å²) in [6.07, 6.45) is 2.73. The summed E-state index contributed by atoms with van der Waals surface area (Å²) in [5, 5.41) is 3.65. The number of likely N-dealkylation sites (tertiary alicyclic amines) is 1. The van der Waals surface area contributed by atoms with E-state index in [1.165, 1.54) is 31.5 Å². The maximum atomic E-state index is 3.65. The predicted molar refractivity (Wildman–Crippen MR) is 89.9 cm³/mol. The highest BCUT2D eigenvalue weighted by Crippen LogP contribution is 2.41. The number of halogens is 2. The Hall–Kier alpha value is -0.280. The van der Waals surface area contributed by atoms with Gasteiger partial charge < -0.3 is 5.32 Å². The van der Waals surface area contributed by atoms with Crippen molar-refractivity contribution < 1.29 is 0 Å². The van der Waals surface area contributed by atoms with Crippen molar-refractivity contribution in [1.29, 1.82) is 0 Å². The Morgan fingerprint density at radius 2 is 1.95 bits per heavy atom. The molecule has 2 atom stereocenters. The van der Waals surface area contributed by atoms with Gasteiger partial charge in [0.15, 0.2) is 0 Å². The molecule has 2 unspecified atom stereocenters. The van der Waals surface area contributed by atoms with Crippen molar-refractivity contribution in [3.05, 3.63) is 35.9 Å². The molecule has 2 aliphatic heterocycles. The van der Waals surface area contributed by atoms with Crippen LogP contribution in [0, 0.1) is 5.92 Å². The van der Waals surface area contributed by atoms with Crippen LogP contribution in [0.15, 0.2) is 30.3 Å². The number of nitrogens with zero attached hydrogens (tertiary/aromatic N) is 1. The maximum Gasteiger partial charge on any atom is 0.0493 e. The molecule has 114 valence electrons. The Morgan fingerprint density at radius 1 is 1.25 bits per heavy atom. The van der Waals surface area contributed by atoms with Gasteiger partial charge in [-0.15, -0.1) is 24.8 Å². The average Bonchev–Trinajstić information content (AvgIpc) is 2.74. The van der Waals surface area contributed by atoms with E-state index in [9.17, 15) is 0 Å². The molecule has 0 amide bonds. The fourth-order valence-corrected chi connectivity index (χ4v) is 3.86. The van der Waals surface area contributed by atoms with Crippen LogP contribution in [0.2, 0.25) is 0 Å². The lowest BCUT2D eigenvalue weighted by molar-refractivity contribution is -0.00166. The molecule has 0 bridgehead atoms. The van der Waals surface area contributed by atoms with Gasteiger partial charge in [-0.25, -0.2) is 0 Å². The van der Waals surface area contributed by atoms with Gasteiger partial charge in [0.05, 0.1) is 0 Å². The van der Waals surface area contributed by atoms with Crippen LogP contribution in [0.25, 0.3) is 0 Å². The Labute approximate surface area is 135 Å². The highest BCUT2D eigenvalue weighted by Gasteiger charge is 2.53. The quantitative estimate of drug-likeness (QED) is 0.918. The van der Waals surface area contributed by atoms with Gasteiger partial charge in [-0.1, -0.05) is 44.2 Å². The topological polar surface area (TPSA) is 15.3 Å². The fraction of sp³-hybridized carbons (Fsp3) is 0.625. The molecule has 2 nitrogen and oxygen atoms in total. The van der Waals surface area contributed by atoms with Gasteiger partial charge in [0, 0.05) is 24.7 Å². The van der Waals surface area contributed by atoms with Gasteiger partial charge in [0.25, 0.3) is 0 Å². The molecule has 1 N–H and O–H groups in total. The van der Waals surface area contributed by atoms with Crippen LogP contribution in [-0.4, -0.2) is 29.6 Å². The molecular formula is C16H26Cl2N2. The highest BCUT2D eigenvalue weighted by molar-refractivity contribution is 5.85. The van der Waals surface area contributed by atoms with Crippen LogP contribution < -0.4 is 5.32 Å². The molecule has 20 heavy (non-hydrogen) atoms. The highest BCUT2D eigenvalue weighted by atomic mass is 35.5. The minimum atomic E-state index is 0. The normalized spacial score (nSPS) is 28.9. The van der Waals surface area contributed by atoms with Crippen LogP contribution in [0.4, 0.5) is 0 Å². The van der Waals surface area contributed by atoms with Gasteiger partial charge in [-0.05, 0) is 30.9 Å². The summed E-state index contributed by atoms with van der Waals surface area (Å²) in [6.45, 7) is 8.25. The number of nitrogens with one attached hydrogen (secondary N) is 1. The molecule has 0 aromatic heterocycles. The van der Waals surface area contributed by atoms with Crippen molar-refractivity contribution >= 4 is 24.8 Å². The predicted octanol–water partition coefficient (Wildman–Crippen LogP) is 3.49. The summed E-state index contributed by atoms with van der Waals surface area (Å²) in [5.74, 6) is 0.732. The minimum Gasteiger partial charge on any atom is -0.310 e. The lowest BCUT2D eigenvalue weighted by Crippen LogP contribution is -2.74. The molecule has 1 aromatic rings. The summed E-state index contributed by atoms with van der Waals surface area (Å²) in [4.78, 5) is 2.73. The van der Waals surface area contributed by atoms with Crippen molar-refractivity contribution in [2.75, 3.05) is 13.1 Å². The third-order valence-electron chi connectivity index (χ3n) is 4.76. The molecule has 2 aliphatic rings. The molecule has 2 heterocycles. The minimum absolute atomic E-state index is 0. The van der Waals surface area contributed by atoms with Crippen molar-refractivity contribution in [3.8, 4) is 0 Å². The van der Waals surface area contributed by atoms with Crippen molar-refractivity contribution in [1.82, 2.24) is 10.2 Å². The van der Waals surface area contributed by atoms with E-state index >= 15 is 0 Å². The summed E-state index contributed by atoms with van der Waals surface area (Å²) in [7, 11) is 0. The van der Waals surface area contributed by atoms with Crippen LogP contribution in [0.5, 0.6) is 0 Å². The Kier molecular flexibility index (Phi) is 6.33. The zero-order chi connectivity index (χ0) is 12.6. The Balaban J connectivity index is 0.000001000. The second-order valence-electron chi connectivity index (χ2n) is 6.22. The first-order valence-electron chi connectivity index (χ1n) is 7.25. The largest absolute Gasteiger partial charge is 0.310 e. The van der Waals surface area contributed by atoms with E-state index in [0.29, 0.717) is 11.6 Å². The summed E-state index contributed by atoms with van der Waals surface area (Å²) in [5.41, 5.74) is 1.90. The third-order valence-corrected chi connectivity index (χ3v) is 4.76. The Bertz CT molecular complexity index is 410. The smallest absolute Gasteiger partial charge is 0.0493 e. The van der Waals surface area contributed by atoms with Gasteiger partial charge in [0.1, 0.15) is 0 Å². The van der Waals surface area contributed by atoms with E-state index < -0.39 is 0 Å². The van der Waals surface area contributed by atoms with Crippen LogP contribution in [0.3, 0.4) is 0 Å². The van der Waals surface area contributed by atoms with E-state index in [0.717, 1.165) is 12.5 Å². The van der Waals surface area contributed by atoms with E-state index in [2.05, 4.69) is 54.4 Å². The first-order chi connectivity index (χ1) is 8.72. The zero-order valence-electron chi connectivity index (χ0n) is 12.3. The number of hydrogen-bond acceptors (Lipinski definition) is 2. The van der Waals surface area contributed by atoms with Crippen LogP contribution in [0.1, 0.15) is 32.3 Å². The molecule has 2 fully saturated rings. The second kappa shape index (κ2) is 7.13. The first-order valence-corrected chi connectivity index (χ1v) is 7.25. The molecule has 1 spiro atoms. The number of benzene rings is 1.